The number of carbonyl (C=O) groups is 3. The number of esters is 1. The Hall–Kier alpha value is -2.77. The lowest BCUT2D eigenvalue weighted by atomic mass is 10.1. The van der Waals surface area contributed by atoms with Crippen LogP contribution in [0, 0.1) is 5.92 Å². The van der Waals surface area contributed by atoms with Crippen molar-refractivity contribution in [2.24, 2.45) is 11.7 Å². The molecule has 0 radical (unpaired) electrons. The normalized spacial score (nSPS) is 14.0. The molecule has 3 N–H and O–H groups in total. The molecule has 23 heavy (non-hydrogen) atoms. The molecule has 0 unspecified atom stereocenters. The number of hydrogen-bond acceptors (Lipinski definition) is 6. The van der Waals surface area contributed by atoms with Gasteiger partial charge in [-0.1, -0.05) is 13.8 Å². The lowest BCUT2D eigenvalue weighted by Gasteiger charge is -2.21. The summed E-state index contributed by atoms with van der Waals surface area (Å²) in [4.78, 5) is 34.9. The van der Waals surface area contributed by atoms with Crippen LogP contribution in [0.15, 0.2) is 18.2 Å². The van der Waals surface area contributed by atoms with E-state index in [2.05, 4.69) is 0 Å². The average molecular weight is 322 g/mol. The molecule has 0 aliphatic carbocycles. The minimum absolute atomic E-state index is 0.215. The van der Waals surface area contributed by atoms with Gasteiger partial charge in [0.15, 0.2) is 17.6 Å². The Morgan fingerprint density at radius 3 is 2.43 bits per heavy atom. The van der Waals surface area contributed by atoms with Crippen LogP contribution >= 0.6 is 0 Å². The van der Waals surface area contributed by atoms with Gasteiger partial charge in [0.1, 0.15) is 13.2 Å². The van der Waals surface area contributed by atoms with Gasteiger partial charge in [0.25, 0.3) is 5.91 Å². The maximum atomic E-state index is 12.2. The van der Waals surface area contributed by atoms with Crippen molar-refractivity contribution in [2.45, 2.75) is 20.0 Å². The molecule has 3 amide bonds. The van der Waals surface area contributed by atoms with Crippen molar-refractivity contribution in [3.63, 3.8) is 0 Å². The zero-order valence-electron chi connectivity index (χ0n) is 12.8. The van der Waals surface area contributed by atoms with Crippen LogP contribution in [-0.2, 0) is 9.53 Å². The number of imide groups is 1. The van der Waals surface area contributed by atoms with Crippen molar-refractivity contribution in [1.82, 2.24) is 5.32 Å². The average Bonchev–Trinajstić information content (AvgIpc) is 2.50. The van der Waals surface area contributed by atoms with Crippen molar-refractivity contribution < 1.29 is 28.6 Å². The number of urea groups is 1. The van der Waals surface area contributed by atoms with Gasteiger partial charge in [0.05, 0.1) is 5.56 Å². The third kappa shape index (κ3) is 4.12. The summed E-state index contributed by atoms with van der Waals surface area (Å²) in [5.74, 6) is -0.831. The molecule has 0 aromatic heterocycles. The van der Waals surface area contributed by atoms with Crippen molar-refractivity contribution in [2.75, 3.05) is 13.2 Å². The first-order chi connectivity index (χ1) is 10.9. The molecule has 2 rings (SSSR count). The quantitative estimate of drug-likeness (QED) is 0.793. The van der Waals surface area contributed by atoms with Crippen LogP contribution in [0.4, 0.5) is 4.79 Å². The highest BCUT2D eigenvalue weighted by molar-refractivity contribution is 5.98. The molecule has 1 aliphatic rings. The molecular formula is C15H18N2O6. The fourth-order valence-electron chi connectivity index (χ4n) is 2.04. The molecule has 0 saturated carbocycles. The Labute approximate surface area is 132 Å². The lowest BCUT2D eigenvalue weighted by molar-refractivity contribution is -0.130. The van der Waals surface area contributed by atoms with E-state index in [1.807, 2.05) is 5.32 Å². The summed E-state index contributed by atoms with van der Waals surface area (Å²) < 4.78 is 16.0. The second kappa shape index (κ2) is 6.99. The first-order valence-electron chi connectivity index (χ1n) is 7.09. The molecule has 124 valence electrons. The number of nitrogens with two attached hydrogens (primary N) is 1. The van der Waals surface area contributed by atoms with Crippen LogP contribution in [0.2, 0.25) is 0 Å². The number of ether oxygens (including phenoxy) is 3. The van der Waals surface area contributed by atoms with E-state index >= 15 is 0 Å². The molecule has 0 fully saturated rings. The summed E-state index contributed by atoms with van der Waals surface area (Å²) in [6, 6.07) is 3.59. The van der Waals surface area contributed by atoms with Crippen LogP contribution in [0.1, 0.15) is 24.2 Å². The summed E-state index contributed by atoms with van der Waals surface area (Å²) in [5.41, 5.74) is 5.12. The molecule has 1 aromatic rings. The zero-order valence-corrected chi connectivity index (χ0v) is 12.8. The highest BCUT2D eigenvalue weighted by atomic mass is 16.6. The molecule has 0 bridgehead atoms. The molecule has 0 spiro atoms. The van der Waals surface area contributed by atoms with Gasteiger partial charge < -0.3 is 19.9 Å². The topological polar surface area (TPSA) is 117 Å². The summed E-state index contributed by atoms with van der Waals surface area (Å²) in [6.45, 7) is 4.20. The van der Waals surface area contributed by atoms with E-state index in [1.54, 1.807) is 19.9 Å². The Morgan fingerprint density at radius 1 is 1.17 bits per heavy atom. The second-order valence-corrected chi connectivity index (χ2v) is 5.28. The van der Waals surface area contributed by atoms with Gasteiger partial charge in [-0.25, -0.2) is 9.59 Å². The number of amides is 3. The number of primary amides is 1. The number of fused-ring (bicyclic) bond motifs is 1. The number of nitrogens with one attached hydrogen (secondary N) is 1. The van der Waals surface area contributed by atoms with Gasteiger partial charge in [-0.3, -0.25) is 10.1 Å². The van der Waals surface area contributed by atoms with E-state index in [4.69, 9.17) is 19.9 Å². The predicted octanol–water partition coefficient (Wildman–Crippen LogP) is 0.834. The molecular weight excluding hydrogens is 304 g/mol. The zero-order chi connectivity index (χ0) is 17.0. The summed E-state index contributed by atoms with van der Waals surface area (Å²) in [6.07, 6.45) is -1.14. The van der Waals surface area contributed by atoms with E-state index in [9.17, 15) is 14.4 Å². The highest BCUT2D eigenvalue weighted by Crippen LogP contribution is 2.31. The van der Waals surface area contributed by atoms with Crippen LogP contribution in [-0.4, -0.2) is 37.2 Å². The van der Waals surface area contributed by atoms with Crippen molar-refractivity contribution in [3.8, 4) is 11.5 Å². The highest BCUT2D eigenvalue weighted by Gasteiger charge is 2.28. The number of rotatable bonds is 4. The van der Waals surface area contributed by atoms with E-state index < -0.39 is 24.0 Å². The molecule has 1 heterocycles. The Balaban J connectivity index is 2.12. The standard InChI is InChI=1S/C15H18N2O6/c1-8(2)12(13(18)17-15(16)20)23-14(19)9-3-4-10-11(7-9)22-6-5-21-10/h3-4,7-8,12H,5-6H2,1-2H3,(H3,16,17,18,20)/t12-/m1/s1. The Morgan fingerprint density at radius 2 is 1.83 bits per heavy atom. The largest absolute Gasteiger partial charge is 0.486 e. The smallest absolute Gasteiger partial charge is 0.339 e. The van der Waals surface area contributed by atoms with Crippen molar-refractivity contribution in [1.29, 1.82) is 0 Å². The van der Waals surface area contributed by atoms with E-state index in [1.165, 1.54) is 12.1 Å². The fourth-order valence-corrected chi connectivity index (χ4v) is 2.04. The van der Waals surface area contributed by atoms with Gasteiger partial charge in [-0.05, 0) is 24.1 Å². The van der Waals surface area contributed by atoms with E-state index in [-0.39, 0.29) is 11.5 Å². The van der Waals surface area contributed by atoms with Crippen LogP contribution in [0.3, 0.4) is 0 Å². The Bertz CT molecular complexity index is 628. The molecule has 0 saturated heterocycles. The van der Waals surface area contributed by atoms with Crippen LogP contribution in [0.5, 0.6) is 11.5 Å². The fraction of sp³-hybridized carbons (Fsp3) is 0.400. The monoisotopic (exact) mass is 322 g/mol. The van der Waals surface area contributed by atoms with Gasteiger partial charge in [-0.15, -0.1) is 0 Å². The molecule has 1 aromatic carbocycles. The molecule has 8 heteroatoms. The third-order valence-electron chi connectivity index (χ3n) is 3.12. The first kappa shape index (κ1) is 16.6. The second-order valence-electron chi connectivity index (χ2n) is 5.28. The van der Waals surface area contributed by atoms with Gasteiger partial charge in [0.2, 0.25) is 0 Å². The molecule has 8 nitrogen and oxygen atoms in total. The predicted molar refractivity (Wildman–Crippen MR) is 79.2 cm³/mol. The lowest BCUT2D eigenvalue weighted by Crippen LogP contribution is -2.45. The molecule has 1 atom stereocenters. The van der Waals surface area contributed by atoms with E-state index in [0.717, 1.165) is 0 Å². The third-order valence-corrected chi connectivity index (χ3v) is 3.12. The van der Waals surface area contributed by atoms with Gasteiger partial charge >= 0.3 is 12.0 Å². The molecule has 1 aliphatic heterocycles. The van der Waals surface area contributed by atoms with Gasteiger partial charge in [-0.2, -0.15) is 0 Å². The maximum Gasteiger partial charge on any atom is 0.339 e. The van der Waals surface area contributed by atoms with Crippen LogP contribution < -0.4 is 20.5 Å². The number of carbonyl (C=O) groups excluding carboxylic acids is 3. The summed E-state index contributed by atoms with van der Waals surface area (Å²) in [7, 11) is 0. The number of hydrogen-bond donors (Lipinski definition) is 2. The first-order valence-corrected chi connectivity index (χ1v) is 7.09. The van der Waals surface area contributed by atoms with E-state index in [0.29, 0.717) is 24.7 Å². The van der Waals surface area contributed by atoms with Crippen molar-refractivity contribution in [3.05, 3.63) is 23.8 Å². The van der Waals surface area contributed by atoms with Crippen molar-refractivity contribution >= 4 is 17.9 Å². The van der Waals surface area contributed by atoms with Gasteiger partial charge in [0, 0.05) is 0 Å². The van der Waals surface area contributed by atoms with Crippen LogP contribution in [0.25, 0.3) is 0 Å². The summed E-state index contributed by atoms with van der Waals surface area (Å²) in [5, 5.41) is 1.91. The SMILES string of the molecule is CC(C)[C@@H](OC(=O)c1ccc2c(c1)OCCO2)C(=O)NC(N)=O. The maximum absolute atomic E-state index is 12.2. The minimum atomic E-state index is -1.14. The Kier molecular flexibility index (Phi) is 5.05. The number of benzene rings is 1. The summed E-state index contributed by atoms with van der Waals surface area (Å²) >= 11 is 0. The minimum Gasteiger partial charge on any atom is -0.486 e.